The Morgan fingerprint density at radius 2 is 1.83 bits per heavy atom. The van der Waals surface area contributed by atoms with E-state index in [-0.39, 0.29) is 18.8 Å². The monoisotopic (exact) mass is 472 g/mol. The van der Waals surface area contributed by atoms with Crippen LogP contribution in [0.5, 0.6) is 0 Å². The van der Waals surface area contributed by atoms with E-state index in [1.807, 2.05) is 0 Å². The van der Waals surface area contributed by atoms with E-state index in [0.29, 0.717) is 5.82 Å². The van der Waals surface area contributed by atoms with Crippen molar-refractivity contribution in [2.75, 3.05) is 34.1 Å². The summed E-state index contributed by atoms with van der Waals surface area (Å²) in [5, 5.41) is 0. The van der Waals surface area contributed by atoms with Crippen LogP contribution in [-0.2, 0) is 27.9 Å². The van der Waals surface area contributed by atoms with Crippen LogP contribution < -0.4 is 11.2 Å². The first-order chi connectivity index (χ1) is 13.8. The Morgan fingerprint density at radius 1 is 1.20 bits per heavy atom. The molecule has 0 saturated heterocycles. The normalized spacial score (nSPS) is 17.6. The summed E-state index contributed by atoms with van der Waals surface area (Å²) in [6.07, 6.45) is -2.21. The molecule has 1 rings (SSSR count). The number of aromatic nitrogens is 2. The van der Waals surface area contributed by atoms with Gasteiger partial charge in [-0.2, -0.15) is 0 Å². The van der Waals surface area contributed by atoms with E-state index in [1.165, 1.54) is 14.0 Å². The summed E-state index contributed by atoms with van der Waals surface area (Å²) in [7, 11) is -6.25. The quantitative estimate of drug-likeness (QED) is 0.235. The standard InChI is InChI=1S/C15H26N2O11P2/c1-10-9-17(15(19)16-13(10)18)14(27-7-6-25-2)12(28-29(4,20)21)11(26-3)5-8-30(22,23)24/h5,8-9,11-12,14H,6-7H2,1-4H3,(H,20,21)(H,16,18,19)(H2,22,23,24)/b8-5+/t11-,12-,14-/m1/s1. The van der Waals surface area contributed by atoms with Crippen molar-refractivity contribution in [2.45, 2.75) is 25.4 Å². The minimum atomic E-state index is -4.60. The zero-order chi connectivity index (χ0) is 23.1. The average molecular weight is 472 g/mol. The van der Waals surface area contributed by atoms with Gasteiger partial charge in [0.05, 0.1) is 13.2 Å². The van der Waals surface area contributed by atoms with Crippen molar-refractivity contribution in [3.05, 3.63) is 44.5 Å². The highest BCUT2D eigenvalue weighted by Gasteiger charge is 2.37. The minimum absolute atomic E-state index is 0.0825. The molecule has 0 aliphatic rings. The van der Waals surface area contributed by atoms with Crippen molar-refractivity contribution in [1.29, 1.82) is 0 Å². The molecule has 0 bridgehead atoms. The summed E-state index contributed by atoms with van der Waals surface area (Å²) >= 11 is 0. The number of nitrogens with one attached hydrogen (secondary N) is 1. The molecule has 1 unspecified atom stereocenters. The Kier molecular flexibility index (Phi) is 10.0. The maximum absolute atomic E-state index is 12.4. The van der Waals surface area contributed by atoms with E-state index in [4.69, 9.17) is 28.5 Å². The molecule has 1 aromatic rings. The SMILES string of the molecule is COCCO[C@H]([C@H](OP(C)(=O)O)[C@@H](/C=C/P(=O)(O)O)OC)n1cc(C)c(=O)[nH]c1=O. The Balaban J connectivity index is 3.58. The van der Waals surface area contributed by atoms with Crippen molar-refractivity contribution in [3.8, 4) is 0 Å². The predicted octanol–water partition coefficient (Wildman–Crippen LogP) is -0.0866. The minimum Gasteiger partial charge on any atom is -0.382 e. The zero-order valence-corrected chi connectivity index (χ0v) is 18.6. The Morgan fingerprint density at radius 3 is 2.33 bits per heavy atom. The molecule has 13 nitrogen and oxygen atoms in total. The average Bonchev–Trinajstić information content (AvgIpc) is 2.60. The van der Waals surface area contributed by atoms with Gasteiger partial charge in [-0.05, 0) is 13.0 Å². The largest absolute Gasteiger partial charge is 0.382 e. The van der Waals surface area contributed by atoms with E-state index in [1.54, 1.807) is 0 Å². The van der Waals surface area contributed by atoms with Gasteiger partial charge >= 0.3 is 20.9 Å². The van der Waals surface area contributed by atoms with Gasteiger partial charge in [-0.25, -0.2) is 4.79 Å². The molecule has 0 radical (unpaired) electrons. The van der Waals surface area contributed by atoms with Crippen molar-refractivity contribution in [2.24, 2.45) is 0 Å². The first kappa shape index (κ1) is 26.6. The second kappa shape index (κ2) is 11.3. The van der Waals surface area contributed by atoms with Crippen LogP contribution in [0.4, 0.5) is 0 Å². The van der Waals surface area contributed by atoms with E-state index in [2.05, 4.69) is 4.98 Å². The van der Waals surface area contributed by atoms with Crippen LogP contribution in [0.2, 0.25) is 0 Å². The number of hydrogen-bond acceptors (Lipinski definition) is 8. The lowest BCUT2D eigenvalue weighted by Gasteiger charge is -2.33. The maximum Gasteiger partial charge on any atom is 0.348 e. The lowest BCUT2D eigenvalue weighted by molar-refractivity contribution is -0.121. The number of rotatable bonds is 12. The fraction of sp³-hybridized carbons (Fsp3) is 0.600. The Hall–Kier alpha value is -1.40. The van der Waals surface area contributed by atoms with Crippen LogP contribution in [0.3, 0.4) is 0 Å². The molecular formula is C15H26N2O11P2. The highest BCUT2D eigenvalue weighted by molar-refractivity contribution is 7.55. The highest BCUT2D eigenvalue weighted by Crippen LogP contribution is 2.43. The number of aryl methyl sites for hydroxylation is 1. The molecule has 0 aliphatic carbocycles. The first-order valence-corrected chi connectivity index (χ1v) is 12.2. The molecule has 1 aromatic heterocycles. The van der Waals surface area contributed by atoms with E-state index < -0.39 is 44.9 Å². The summed E-state index contributed by atoms with van der Waals surface area (Å²) in [4.78, 5) is 54.1. The third kappa shape index (κ3) is 8.76. The van der Waals surface area contributed by atoms with Gasteiger partial charge in [-0.3, -0.25) is 28.0 Å². The predicted molar refractivity (Wildman–Crippen MR) is 106 cm³/mol. The number of ether oxygens (including phenoxy) is 3. The molecule has 4 N–H and O–H groups in total. The van der Waals surface area contributed by atoms with Gasteiger partial charge < -0.3 is 28.9 Å². The highest BCUT2D eigenvalue weighted by atomic mass is 31.2. The molecule has 1 heterocycles. The summed E-state index contributed by atoms with van der Waals surface area (Å²) in [5.41, 5.74) is -1.41. The molecule has 0 spiro atoms. The van der Waals surface area contributed by atoms with Crippen molar-refractivity contribution in [3.63, 3.8) is 0 Å². The third-order valence-corrected chi connectivity index (χ3v) is 4.86. The van der Waals surface area contributed by atoms with E-state index in [0.717, 1.165) is 30.6 Å². The van der Waals surface area contributed by atoms with Gasteiger partial charge in [-0.15, -0.1) is 0 Å². The molecule has 172 valence electrons. The fourth-order valence-electron chi connectivity index (χ4n) is 2.38. The second-order valence-electron chi connectivity index (χ2n) is 6.24. The molecular weight excluding hydrogens is 446 g/mol. The Labute approximate surface area is 171 Å². The van der Waals surface area contributed by atoms with Crippen molar-refractivity contribution in [1.82, 2.24) is 9.55 Å². The van der Waals surface area contributed by atoms with Gasteiger partial charge in [0, 0.05) is 38.5 Å². The summed E-state index contributed by atoms with van der Waals surface area (Å²) in [6, 6.07) is 0. The summed E-state index contributed by atoms with van der Waals surface area (Å²) < 4.78 is 45.0. The van der Waals surface area contributed by atoms with E-state index in [9.17, 15) is 23.6 Å². The molecule has 0 aliphatic heterocycles. The molecule has 0 saturated carbocycles. The van der Waals surface area contributed by atoms with Crippen molar-refractivity contribution < 1.29 is 42.5 Å². The number of nitrogens with zero attached hydrogens (tertiary/aromatic N) is 1. The van der Waals surface area contributed by atoms with Crippen molar-refractivity contribution >= 4 is 15.2 Å². The fourth-order valence-corrected chi connectivity index (χ4v) is 3.45. The van der Waals surface area contributed by atoms with Gasteiger partial charge in [-0.1, -0.05) is 0 Å². The molecule has 0 amide bonds. The van der Waals surface area contributed by atoms with Crippen LogP contribution in [0, 0.1) is 6.92 Å². The summed E-state index contributed by atoms with van der Waals surface area (Å²) in [5.74, 6) is 0.530. The van der Waals surface area contributed by atoms with Gasteiger partial charge in [0.25, 0.3) is 5.56 Å². The van der Waals surface area contributed by atoms with E-state index >= 15 is 0 Å². The maximum atomic E-state index is 12.4. The second-order valence-corrected chi connectivity index (χ2v) is 9.53. The van der Waals surface area contributed by atoms with Gasteiger partial charge in [0.15, 0.2) is 6.23 Å². The van der Waals surface area contributed by atoms with Crippen LogP contribution in [-0.4, -0.2) is 70.5 Å². The number of methoxy groups -OCH3 is 2. The first-order valence-electron chi connectivity index (χ1n) is 8.47. The molecule has 0 aromatic carbocycles. The lowest BCUT2D eigenvalue weighted by atomic mass is 10.1. The zero-order valence-electron chi connectivity index (χ0n) is 16.8. The molecule has 30 heavy (non-hydrogen) atoms. The third-order valence-electron chi connectivity index (χ3n) is 3.66. The molecule has 4 atom stereocenters. The molecule has 15 heteroatoms. The van der Waals surface area contributed by atoms with Crippen LogP contribution in [0.15, 0.2) is 27.7 Å². The van der Waals surface area contributed by atoms with Crippen LogP contribution in [0.25, 0.3) is 0 Å². The number of aromatic amines is 1. The van der Waals surface area contributed by atoms with Crippen LogP contribution in [0.1, 0.15) is 11.8 Å². The lowest BCUT2D eigenvalue weighted by Crippen LogP contribution is -2.44. The Bertz CT molecular complexity index is 929. The number of hydrogen-bond donors (Lipinski definition) is 4. The van der Waals surface area contributed by atoms with Gasteiger partial charge in [0.2, 0.25) is 0 Å². The summed E-state index contributed by atoms with van der Waals surface area (Å²) in [6.45, 7) is 2.30. The molecule has 0 fully saturated rings. The number of H-pyrrole nitrogens is 1. The van der Waals surface area contributed by atoms with Gasteiger partial charge in [0.1, 0.15) is 12.2 Å². The smallest absolute Gasteiger partial charge is 0.348 e. The van der Waals surface area contributed by atoms with Crippen LogP contribution >= 0.6 is 15.2 Å². The topological polar surface area (TPSA) is 187 Å².